The van der Waals surface area contributed by atoms with Crippen LogP contribution in [0.2, 0.25) is 5.02 Å². The maximum atomic E-state index is 12.8. The van der Waals surface area contributed by atoms with Crippen LogP contribution >= 0.6 is 23.4 Å². The molecule has 1 amide bonds. The van der Waals surface area contributed by atoms with Gasteiger partial charge < -0.3 is 15.1 Å². The van der Waals surface area contributed by atoms with Gasteiger partial charge in [-0.1, -0.05) is 34.9 Å². The Morgan fingerprint density at radius 2 is 2.07 bits per heavy atom. The molecule has 3 aromatic rings. The number of carbonyl (C=O) groups excluding carboxylic acids is 1. The van der Waals surface area contributed by atoms with Crippen molar-refractivity contribution in [3.05, 3.63) is 64.8 Å². The third-order valence-corrected chi connectivity index (χ3v) is 5.16. The van der Waals surface area contributed by atoms with Crippen LogP contribution in [0.4, 0.5) is 6.01 Å². The second-order valence-corrected chi connectivity index (χ2v) is 7.09. The molecule has 0 atom stereocenters. The molecule has 2 aromatic heterocycles. The Hall–Kier alpha value is -3.09. The predicted molar refractivity (Wildman–Crippen MR) is 104 cm³/mol. The third kappa shape index (κ3) is 5.22. The fourth-order valence-corrected chi connectivity index (χ4v) is 3.46. The van der Waals surface area contributed by atoms with Gasteiger partial charge in [-0.25, -0.2) is 4.98 Å². The standard InChI is InChI=1S/C18H15ClN6O2S/c19-14-3-1-2-4-15(14)28-11-17(26)25(10-16-23-24-18(21)27-16)9-12-5-6-13(7-20)22-8-12/h1-6,8H,9-11H2,(H2,21,24). The number of anilines is 1. The lowest BCUT2D eigenvalue weighted by Crippen LogP contribution is -2.31. The fraction of sp³-hybridized carbons (Fsp3) is 0.167. The number of pyridine rings is 1. The van der Waals surface area contributed by atoms with Crippen LogP contribution in [0.15, 0.2) is 51.9 Å². The van der Waals surface area contributed by atoms with Gasteiger partial charge in [0.15, 0.2) is 0 Å². The summed E-state index contributed by atoms with van der Waals surface area (Å²) in [7, 11) is 0. The third-order valence-electron chi connectivity index (χ3n) is 3.66. The van der Waals surface area contributed by atoms with Gasteiger partial charge in [-0.2, -0.15) is 5.26 Å². The maximum Gasteiger partial charge on any atom is 0.312 e. The normalized spacial score (nSPS) is 10.4. The van der Waals surface area contributed by atoms with Crippen LogP contribution in [-0.2, 0) is 17.9 Å². The molecule has 8 nitrogen and oxygen atoms in total. The van der Waals surface area contributed by atoms with E-state index in [-0.39, 0.29) is 36.7 Å². The first-order valence-corrected chi connectivity index (χ1v) is 9.49. The molecule has 0 radical (unpaired) electrons. The molecule has 28 heavy (non-hydrogen) atoms. The predicted octanol–water partition coefficient (Wildman–Crippen LogP) is 2.89. The number of nitrogens with two attached hydrogens (primary N) is 1. The molecule has 0 saturated carbocycles. The molecular formula is C18H15ClN6O2S. The number of rotatable bonds is 7. The lowest BCUT2D eigenvalue weighted by molar-refractivity contribution is -0.129. The molecule has 10 heteroatoms. The molecule has 0 aliphatic carbocycles. The minimum absolute atomic E-state index is 0.0621. The van der Waals surface area contributed by atoms with Crippen molar-refractivity contribution < 1.29 is 9.21 Å². The number of halogens is 1. The number of benzene rings is 1. The topological polar surface area (TPSA) is 122 Å². The Morgan fingerprint density at radius 3 is 2.71 bits per heavy atom. The number of nitrogen functional groups attached to an aromatic ring is 1. The molecule has 0 fully saturated rings. The van der Waals surface area contributed by atoms with Crippen LogP contribution in [-0.4, -0.2) is 31.7 Å². The first-order chi connectivity index (χ1) is 13.5. The zero-order valence-corrected chi connectivity index (χ0v) is 16.2. The second kappa shape index (κ2) is 9.21. The highest BCUT2D eigenvalue weighted by molar-refractivity contribution is 8.00. The van der Waals surface area contributed by atoms with Gasteiger partial charge >= 0.3 is 6.01 Å². The molecule has 0 spiro atoms. The number of nitrogens with zero attached hydrogens (tertiary/aromatic N) is 5. The molecule has 2 heterocycles. The summed E-state index contributed by atoms with van der Waals surface area (Å²) in [6.07, 6.45) is 1.56. The number of amides is 1. The van der Waals surface area contributed by atoms with Crippen LogP contribution in [0.1, 0.15) is 17.1 Å². The highest BCUT2D eigenvalue weighted by atomic mass is 35.5. The molecule has 0 aliphatic rings. The van der Waals surface area contributed by atoms with E-state index in [1.54, 1.807) is 29.3 Å². The number of nitriles is 1. The summed E-state index contributed by atoms with van der Waals surface area (Å²) in [5, 5.41) is 16.9. The molecule has 0 bridgehead atoms. The van der Waals surface area contributed by atoms with Crippen molar-refractivity contribution >= 4 is 35.3 Å². The van der Waals surface area contributed by atoms with Gasteiger partial charge in [-0.15, -0.1) is 16.9 Å². The zero-order valence-electron chi connectivity index (χ0n) is 14.6. The largest absolute Gasteiger partial charge is 0.406 e. The summed E-state index contributed by atoms with van der Waals surface area (Å²) >= 11 is 7.49. The Bertz CT molecular complexity index is 1000. The van der Waals surface area contributed by atoms with Crippen LogP contribution in [0.5, 0.6) is 0 Å². The number of hydrogen-bond donors (Lipinski definition) is 1. The van der Waals surface area contributed by atoms with Crippen molar-refractivity contribution in [2.45, 2.75) is 18.0 Å². The van der Waals surface area contributed by atoms with Gasteiger partial charge in [0.25, 0.3) is 0 Å². The Morgan fingerprint density at radius 1 is 1.25 bits per heavy atom. The van der Waals surface area contributed by atoms with E-state index < -0.39 is 0 Å². The highest BCUT2D eigenvalue weighted by Gasteiger charge is 2.19. The lowest BCUT2D eigenvalue weighted by atomic mass is 10.2. The molecule has 0 aliphatic heterocycles. The Labute approximate surface area is 170 Å². The summed E-state index contributed by atoms with van der Waals surface area (Å²) in [6.45, 7) is 0.370. The van der Waals surface area contributed by atoms with E-state index in [4.69, 9.17) is 27.0 Å². The average molecular weight is 415 g/mol. The van der Waals surface area contributed by atoms with Crippen LogP contribution in [0.3, 0.4) is 0 Å². The van der Waals surface area contributed by atoms with E-state index in [0.29, 0.717) is 10.7 Å². The first-order valence-electron chi connectivity index (χ1n) is 8.13. The number of thioether (sulfide) groups is 1. The molecular weight excluding hydrogens is 400 g/mol. The minimum Gasteiger partial charge on any atom is -0.406 e. The Kier molecular flexibility index (Phi) is 6.47. The summed E-state index contributed by atoms with van der Waals surface area (Å²) in [4.78, 5) is 19.2. The van der Waals surface area contributed by atoms with E-state index in [1.165, 1.54) is 11.8 Å². The molecule has 1 aromatic carbocycles. The van der Waals surface area contributed by atoms with E-state index in [9.17, 15) is 4.79 Å². The summed E-state index contributed by atoms with van der Waals surface area (Å²) in [5.41, 5.74) is 6.54. The van der Waals surface area contributed by atoms with Crippen LogP contribution in [0, 0.1) is 11.3 Å². The van der Waals surface area contributed by atoms with E-state index in [0.717, 1.165) is 10.5 Å². The smallest absolute Gasteiger partial charge is 0.312 e. The van der Waals surface area contributed by atoms with Crippen molar-refractivity contribution in [1.82, 2.24) is 20.1 Å². The van der Waals surface area contributed by atoms with Crippen molar-refractivity contribution in [2.75, 3.05) is 11.5 Å². The fourth-order valence-electron chi connectivity index (χ4n) is 2.32. The summed E-state index contributed by atoms with van der Waals surface area (Å²) < 4.78 is 5.20. The van der Waals surface area contributed by atoms with E-state index >= 15 is 0 Å². The first kappa shape index (κ1) is 19.7. The minimum atomic E-state index is -0.147. The lowest BCUT2D eigenvalue weighted by Gasteiger charge is -2.21. The van der Waals surface area contributed by atoms with Gasteiger partial charge in [0.1, 0.15) is 11.8 Å². The highest BCUT2D eigenvalue weighted by Crippen LogP contribution is 2.27. The van der Waals surface area contributed by atoms with Crippen LogP contribution < -0.4 is 5.73 Å². The molecule has 142 valence electrons. The number of hydrogen-bond acceptors (Lipinski definition) is 8. The number of aromatic nitrogens is 3. The van der Waals surface area contributed by atoms with Gasteiger partial charge in [-0.3, -0.25) is 4.79 Å². The number of carbonyl (C=O) groups is 1. The quantitative estimate of drug-likeness (QED) is 0.585. The summed E-state index contributed by atoms with van der Waals surface area (Å²) in [5.74, 6) is 0.262. The van der Waals surface area contributed by atoms with Gasteiger partial charge in [0.2, 0.25) is 11.8 Å². The maximum absolute atomic E-state index is 12.8. The Balaban J connectivity index is 1.73. The molecule has 2 N–H and O–H groups in total. The van der Waals surface area contributed by atoms with E-state index in [1.807, 2.05) is 24.3 Å². The molecule has 0 unspecified atom stereocenters. The summed E-state index contributed by atoms with van der Waals surface area (Å²) in [6, 6.07) is 12.6. The zero-order chi connectivity index (χ0) is 19.9. The average Bonchev–Trinajstić information content (AvgIpc) is 3.12. The molecule has 3 rings (SSSR count). The molecule has 0 saturated heterocycles. The van der Waals surface area contributed by atoms with Crippen LogP contribution in [0.25, 0.3) is 0 Å². The van der Waals surface area contributed by atoms with Crippen molar-refractivity contribution in [3.63, 3.8) is 0 Å². The van der Waals surface area contributed by atoms with Gasteiger partial charge in [0.05, 0.1) is 17.3 Å². The second-order valence-electron chi connectivity index (χ2n) is 5.67. The van der Waals surface area contributed by atoms with Crippen molar-refractivity contribution in [1.29, 1.82) is 5.26 Å². The monoisotopic (exact) mass is 414 g/mol. The van der Waals surface area contributed by atoms with E-state index in [2.05, 4.69) is 15.2 Å². The van der Waals surface area contributed by atoms with Gasteiger partial charge in [0, 0.05) is 17.6 Å². The SMILES string of the molecule is N#Cc1ccc(CN(Cc2nnc(N)o2)C(=O)CSc2ccccc2Cl)cn1. The van der Waals surface area contributed by atoms with Crippen molar-refractivity contribution in [3.8, 4) is 6.07 Å². The van der Waals surface area contributed by atoms with Gasteiger partial charge in [-0.05, 0) is 23.8 Å². The van der Waals surface area contributed by atoms with Crippen molar-refractivity contribution in [2.24, 2.45) is 0 Å².